The van der Waals surface area contributed by atoms with Gasteiger partial charge >= 0.3 is 0 Å². The second-order valence-corrected chi connectivity index (χ2v) is 13.9. The molecule has 6 N–H and O–H groups in total. The number of ether oxygens (including phenoxy) is 3. The third kappa shape index (κ3) is 9.23. The second-order valence-electron chi connectivity index (χ2n) is 13.9. The van der Waals surface area contributed by atoms with Crippen LogP contribution in [0.25, 0.3) is 22.8 Å². The normalized spacial score (nSPS) is 19.1. The Bertz CT molecular complexity index is 2460. The van der Waals surface area contributed by atoms with Gasteiger partial charge in [0.15, 0.2) is 11.6 Å². The molecule has 0 bridgehead atoms. The van der Waals surface area contributed by atoms with Crippen molar-refractivity contribution in [1.29, 1.82) is 0 Å². The highest BCUT2D eigenvalue weighted by molar-refractivity contribution is 5.92. The van der Waals surface area contributed by atoms with Crippen molar-refractivity contribution in [3.8, 4) is 45.8 Å². The average Bonchev–Trinajstić information content (AvgIpc) is 3.70. The summed E-state index contributed by atoms with van der Waals surface area (Å²) in [5.74, 6) is 1.87. The molecule has 2 aromatic heterocycles. The molecule has 3 aliphatic heterocycles. The summed E-state index contributed by atoms with van der Waals surface area (Å²) in [5, 5.41) is 19.6. The number of rotatable bonds is 10. The maximum atomic E-state index is 13.0. The predicted octanol–water partition coefficient (Wildman–Crippen LogP) is 4.48. The van der Waals surface area contributed by atoms with Gasteiger partial charge in [0.1, 0.15) is 69.9 Å². The number of morpholine rings is 1. The molecular formula is C42H36F2N8O7. The van der Waals surface area contributed by atoms with Gasteiger partial charge in [-0.2, -0.15) is 0 Å². The lowest BCUT2D eigenvalue weighted by Crippen LogP contribution is -2.26. The monoisotopic (exact) mass is 802 g/mol. The minimum atomic E-state index is -0.900. The molecule has 2 amide bonds. The number of carbonyl (C=O) groups excluding carboxylic acids is 2. The number of β-amino-alcohol motifs (C(OH)–C–C–N with tert-alkyl or cyclic N) is 2. The van der Waals surface area contributed by atoms with E-state index in [4.69, 9.17) is 25.7 Å². The molecule has 3 fully saturated rings. The van der Waals surface area contributed by atoms with Crippen LogP contribution in [0.5, 0.6) is 23.0 Å². The molecule has 4 unspecified atom stereocenters. The minimum Gasteiger partial charge on any atom is -0.457 e. The van der Waals surface area contributed by atoms with E-state index in [-0.39, 0.29) is 54.1 Å². The number of aliphatic hydroxyl groups excluding tert-OH is 2. The molecule has 4 atom stereocenters. The number of halogens is 2. The Hall–Kier alpha value is -7.08. The van der Waals surface area contributed by atoms with Crippen molar-refractivity contribution in [3.05, 3.63) is 132 Å². The van der Waals surface area contributed by atoms with Crippen molar-refractivity contribution in [2.75, 3.05) is 36.0 Å². The van der Waals surface area contributed by atoms with Crippen molar-refractivity contribution < 1.29 is 42.8 Å². The van der Waals surface area contributed by atoms with Crippen molar-refractivity contribution in [1.82, 2.24) is 19.9 Å². The number of benzene rings is 4. The van der Waals surface area contributed by atoms with Crippen molar-refractivity contribution in [2.24, 2.45) is 11.5 Å². The molecular weight excluding hydrogens is 767 g/mol. The van der Waals surface area contributed by atoms with E-state index in [0.717, 1.165) is 18.7 Å². The fourth-order valence-electron chi connectivity index (χ4n) is 6.48. The van der Waals surface area contributed by atoms with E-state index in [1.165, 1.54) is 42.5 Å². The summed E-state index contributed by atoms with van der Waals surface area (Å²) in [4.78, 5) is 44.8. The molecule has 17 heteroatoms. The maximum absolute atomic E-state index is 13.0. The molecule has 59 heavy (non-hydrogen) atoms. The summed E-state index contributed by atoms with van der Waals surface area (Å²) >= 11 is 0. The zero-order chi connectivity index (χ0) is 41.2. The summed E-state index contributed by atoms with van der Waals surface area (Å²) in [6.45, 7) is 1.84. The van der Waals surface area contributed by atoms with E-state index in [1.807, 2.05) is 0 Å². The highest BCUT2D eigenvalue weighted by Gasteiger charge is 2.47. The number of nitrogens with two attached hydrogens (primary N) is 2. The van der Waals surface area contributed by atoms with Crippen LogP contribution in [-0.2, 0) is 4.74 Å². The summed E-state index contributed by atoms with van der Waals surface area (Å²) < 4.78 is 42.8. The topological polar surface area (TPSA) is 216 Å². The summed E-state index contributed by atoms with van der Waals surface area (Å²) in [5.41, 5.74) is 12.4. The number of nitrogens with zero attached hydrogens (tertiary/aromatic N) is 6. The first-order valence-corrected chi connectivity index (χ1v) is 18.4. The van der Waals surface area contributed by atoms with E-state index >= 15 is 0 Å². The van der Waals surface area contributed by atoms with E-state index < -0.39 is 24.0 Å². The van der Waals surface area contributed by atoms with Gasteiger partial charge in [0.25, 0.3) is 11.8 Å². The Kier molecular flexibility index (Phi) is 10.8. The van der Waals surface area contributed by atoms with Crippen LogP contribution in [-0.4, -0.2) is 92.6 Å². The number of hydrogen-bond donors (Lipinski definition) is 4. The van der Waals surface area contributed by atoms with Gasteiger partial charge in [-0.25, -0.2) is 28.7 Å². The Labute approximate surface area is 335 Å². The number of primary amides is 2. The van der Waals surface area contributed by atoms with Crippen LogP contribution in [0.1, 0.15) is 21.0 Å². The van der Waals surface area contributed by atoms with Crippen LogP contribution in [0.3, 0.4) is 0 Å². The molecule has 0 saturated carbocycles. The van der Waals surface area contributed by atoms with Gasteiger partial charge in [0.05, 0.1) is 12.2 Å². The molecule has 300 valence electrons. The lowest BCUT2D eigenvalue weighted by molar-refractivity contribution is 0.0572. The number of carbonyl (C=O) groups is 2. The first-order valence-electron chi connectivity index (χ1n) is 18.4. The maximum Gasteiger partial charge on any atom is 0.267 e. The number of fused-ring (bicyclic) bond motifs is 1. The zero-order valence-corrected chi connectivity index (χ0v) is 31.1. The highest BCUT2D eigenvalue weighted by atomic mass is 19.1. The number of aliphatic hydroxyl groups is 2. The minimum absolute atomic E-state index is 0.0255. The van der Waals surface area contributed by atoms with Gasteiger partial charge in [-0.3, -0.25) is 9.59 Å². The third-order valence-electron chi connectivity index (χ3n) is 9.65. The summed E-state index contributed by atoms with van der Waals surface area (Å²) in [6, 6.07) is 28.4. The van der Waals surface area contributed by atoms with Crippen molar-refractivity contribution in [2.45, 2.75) is 24.4 Å². The van der Waals surface area contributed by atoms with Gasteiger partial charge < -0.3 is 45.7 Å². The van der Waals surface area contributed by atoms with E-state index in [1.54, 1.807) is 71.6 Å². The van der Waals surface area contributed by atoms with Crippen LogP contribution in [0.4, 0.5) is 20.4 Å². The number of anilines is 2. The SMILES string of the molecule is NC(=O)c1cc(N2CC(O)C(O)C2)nc(-c2ccc(Oc3ccc(F)cc3)cc2)n1.NC(=O)c1cc(N2CC3OC3C2)nc(-c2ccc(Oc3ccc(F)cc3)cc2)n1. The molecule has 0 aliphatic carbocycles. The van der Waals surface area contributed by atoms with Crippen LogP contribution in [0, 0.1) is 11.6 Å². The van der Waals surface area contributed by atoms with E-state index in [9.17, 15) is 28.6 Å². The van der Waals surface area contributed by atoms with Crippen LogP contribution in [0.15, 0.2) is 109 Å². The molecule has 3 saturated heterocycles. The Balaban J connectivity index is 0.000000164. The van der Waals surface area contributed by atoms with Gasteiger partial charge in [0.2, 0.25) is 0 Å². The number of amides is 2. The van der Waals surface area contributed by atoms with Crippen LogP contribution >= 0.6 is 0 Å². The molecule has 15 nitrogen and oxygen atoms in total. The predicted molar refractivity (Wildman–Crippen MR) is 210 cm³/mol. The van der Waals surface area contributed by atoms with Gasteiger partial charge in [-0.05, 0) is 97.1 Å². The first-order chi connectivity index (χ1) is 28.4. The quantitative estimate of drug-likeness (QED) is 0.141. The van der Waals surface area contributed by atoms with Crippen LogP contribution < -0.4 is 30.7 Å². The molecule has 9 rings (SSSR count). The standard InChI is InChI=1S/C21H19FN4O4.C21H17FN4O3/c22-13-3-7-15(8-4-13)30-14-5-1-12(2-6-14)21-24-16(20(23)29)9-19(25-21)26-10-17(27)18(28)11-26;22-13-3-7-15(8-4-13)28-14-5-1-12(2-6-14)21-24-16(20(23)27)9-19(25-21)26-10-17-18(11-26)29-17/h1-9,17-18,27-28H,10-11H2,(H2,23,29);1-9,17-18H,10-11H2,(H2,23,27). The summed E-state index contributed by atoms with van der Waals surface area (Å²) in [6.07, 6.45) is -1.31. The molecule has 0 spiro atoms. The molecule has 4 aromatic carbocycles. The summed E-state index contributed by atoms with van der Waals surface area (Å²) in [7, 11) is 0. The van der Waals surface area contributed by atoms with Crippen molar-refractivity contribution >= 4 is 23.5 Å². The number of hydrogen-bond acceptors (Lipinski definition) is 13. The molecule has 6 aromatic rings. The van der Waals surface area contributed by atoms with Crippen LogP contribution in [0.2, 0.25) is 0 Å². The fraction of sp³-hybridized carbons (Fsp3) is 0.190. The molecule has 0 radical (unpaired) electrons. The average molecular weight is 803 g/mol. The second kappa shape index (κ2) is 16.4. The number of aromatic nitrogens is 4. The van der Waals surface area contributed by atoms with E-state index in [2.05, 4.69) is 24.8 Å². The first kappa shape index (κ1) is 38.8. The fourth-order valence-corrected chi connectivity index (χ4v) is 6.48. The Morgan fingerprint density at radius 2 is 0.898 bits per heavy atom. The van der Waals surface area contributed by atoms with Gasteiger partial charge in [-0.1, -0.05) is 0 Å². The molecule has 5 heterocycles. The smallest absolute Gasteiger partial charge is 0.267 e. The van der Waals surface area contributed by atoms with Gasteiger partial charge in [0, 0.05) is 49.4 Å². The van der Waals surface area contributed by atoms with Crippen molar-refractivity contribution in [3.63, 3.8) is 0 Å². The Morgan fingerprint density at radius 3 is 1.25 bits per heavy atom. The number of epoxide rings is 1. The highest BCUT2D eigenvalue weighted by Crippen LogP contribution is 2.34. The third-order valence-corrected chi connectivity index (χ3v) is 9.65. The lowest BCUT2D eigenvalue weighted by atomic mass is 10.2. The Morgan fingerprint density at radius 1 is 0.559 bits per heavy atom. The molecule has 3 aliphatic rings. The zero-order valence-electron chi connectivity index (χ0n) is 31.1. The lowest BCUT2D eigenvalue weighted by Gasteiger charge is -2.19. The largest absolute Gasteiger partial charge is 0.457 e. The van der Waals surface area contributed by atoms with E-state index in [0.29, 0.717) is 46.0 Å². The van der Waals surface area contributed by atoms with Gasteiger partial charge in [-0.15, -0.1) is 0 Å².